The lowest BCUT2D eigenvalue weighted by Gasteiger charge is -2.24. The van der Waals surface area contributed by atoms with E-state index in [1.807, 2.05) is 6.07 Å². The molecule has 0 amide bonds. The topological polar surface area (TPSA) is 16.4 Å². The number of aromatic nitrogens is 1. The van der Waals surface area contributed by atoms with Crippen molar-refractivity contribution in [2.75, 3.05) is 4.81 Å². The van der Waals surface area contributed by atoms with Crippen molar-refractivity contribution in [2.45, 2.75) is 33.0 Å². The summed E-state index contributed by atoms with van der Waals surface area (Å²) in [4.78, 5) is 2.30. The molecule has 4 rings (SSSR count). The number of benzene rings is 2. The highest BCUT2D eigenvalue weighted by molar-refractivity contribution is 6.58. The van der Waals surface area contributed by atoms with E-state index in [-0.39, 0.29) is 12.5 Å². The van der Waals surface area contributed by atoms with Gasteiger partial charge in [0, 0.05) is 24.0 Å². The van der Waals surface area contributed by atoms with Gasteiger partial charge in [0.25, 0.3) is 5.82 Å². The molecule has 2 aromatic carbocycles. The van der Waals surface area contributed by atoms with Gasteiger partial charge in [-0.25, -0.2) is 4.57 Å². The molecule has 0 saturated heterocycles. The molecule has 0 atom stereocenters. The van der Waals surface area contributed by atoms with Crippen molar-refractivity contribution in [1.82, 2.24) is 0 Å². The van der Waals surface area contributed by atoms with E-state index in [1.54, 1.807) is 0 Å². The average molecular weight is 357 g/mol. The van der Waals surface area contributed by atoms with Gasteiger partial charge in [-0.3, -0.25) is 4.81 Å². The van der Waals surface area contributed by atoms with Gasteiger partial charge >= 0.3 is 7.05 Å². The van der Waals surface area contributed by atoms with Crippen LogP contribution in [0.5, 0.6) is 5.75 Å². The molecule has 3 nitrogen and oxygen atoms in total. The highest BCUT2D eigenvalue weighted by Gasteiger charge is 2.39. The van der Waals surface area contributed by atoms with Crippen LogP contribution >= 0.6 is 0 Å². The van der Waals surface area contributed by atoms with Gasteiger partial charge in [-0.1, -0.05) is 57.2 Å². The minimum atomic E-state index is -0.129. The Morgan fingerprint density at radius 1 is 0.926 bits per heavy atom. The number of hydrogen-bond donors (Lipinski definition) is 0. The Morgan fingerprint density at radius 2 is 1.59 bits per heavy atom. The second-order valence-electron chi connectivity index (χ2n) is 8.23. The molecular weight excluding hydrogens is 331 g/mol. The van der Waals surface area contributed by atoms with Crippen molar-refractivity contribution in [3.8, 4) is 16.9 Å². The van der Waals surface area contributed by atoms with Gasteiger partial charge in [0.15, 0.2) is 0 Å². The fraction of sp³-hybridized carbons (Fsp3) is 0.261. The molecule has 2 heterocycles. The number of nitrogens with zero attached hydrogens (tertiary/aromatic N) is 2. The van der Waals surface area contributed by atoms with Crippen molar-refractivity contribution in [3.05, 3.63) is 72.4 Å². The fourth-order valence-corrected chi connectivity index (χ4v) is 3.71. The van der Waals surface area contributed by atoms with Crippen LogP contribution in [0.25, 0.3) is 11.1 Å². The summed E-state index contributed by atoms with van der Waals surface area (Å²) < 4.78 is 8.57. The van der Waals surface area contributed by atoms with Gasteiger partial charge in [-0.05, 0) is 29.2 Å². The van der Waals surface area contributed by atoms with Crippen molar-refractivity contribution in [2.24, 2.45) is 7.05 Å². The predicted molar refractivity (Wildman–Crippen MR) is 113 cm³/mol. The first-order valence-electron chi connectivity index (χ1n) is 9.51. The predicted octanol–water partition coefficient (Wildman–Crippen LogP) is 5.12. The summed E-state index contributed by atoms with van der Waals surface area (Å²) in [7, 11) is 1.96. The fourth-order valence-electron chi connectivity index (χ4n) is 3.71. The molecule has 3 aromatic rings. The summed E-state index contributed by atoms with van der Waals surface area (Å²) in [6.45, 7) is 8.86. The van der Waals surface area contributed by atoms with Gasteiger partial charge in [0.2, 0.25) is 0 Å². The van der Waals surface area contributed by atoms with Gasteiger partial charge in [-0.2, -0.15) is 0 Å². The van der Waals surface area contributed by atoms with E-state index >= 15 is 0 Å². The molecule has 1 aromatic heterocycles. The molecule has 136 valence electrons. The van der Waals surface area contributed by atoms with Crippen LogP contribution in [0.3, 0.4) is 0 Å². The van der Waals surface area contributed by atoms with Crippen molar-refractivity contribution < 1.29 is 9.22 Å². The van der Waals surface area contributed by atoms with Crippen LogP contribution in [-0.2, 0) is 12.5 Å². The lowest BCUT2D eigenvalue weighted by molar-refractivity contribution is -0.658. The normalized spacial score (nSPS) is 13.5. The van der Waals surface area contributed by atoms with Gasteiger partial charge < -0.3 is 4.65 Å². The molecule has 0 bridgehead atoms. The Kier molecular flexibility index (Phi) is 4.22. The van der Waals surface area contributed by atoms with Crippen LogP contribution < -0.4 is 14.0 Å². The molecule has 0 spiro atoms. The maximum atomic E-state index is 6.40. The third-order valence-electron chi connectivity index (χ3n) is 5.24. The third-order valence-corrected chi connectivity index (χ3v) is 5.24. The van der Waals surface area contributed by atoms with Gasteiger partial charge in [0.05, 0.1) is 13.2 Å². The minimum Gasteiger partial charge on any atom is -0.521 e. The molecule has 27 heavy (non-hydrogen) atoms. The third kappa shape index (κ3) is 3.10. The van der Waals surface area contributed by atoms with Crippen LogP contribution in [-0.4, -0.2) is 7.05 Å². The van der Waals surface area contributed by atoms with Crippen LogP contribution in [0.4, 0.5) is 11.5 Å². The first-order valence-corrected chi connectivity index (χ1v) is 9.51. The lowest BCUT2D eigenvalue weighted by Crippen LogP contribution is -2.45. The smallest absolute Gasteiger partial charge is 0.521 e. The summed E-state index contributed by atoms with van der Waals surface area (Å²) in [6, 6.07) is 21.3. The molecule has 0 radical (unpaired) electrons. The van der Waals surface area contributed by atoms with E-state index < -0.39 is 0 Å². The highest BCUT2D eigenvalue weighted by Crippen LogP contribution is 2.42. The van der Waals surface area contributed by atoms with Crippen LogP contribution in [0.1, 0.15) is 26.3 Å². The monoisotopic (exact) mass is 357 g/mol. The minimum absolute atomic E-state index is 0.0848. The Bertz CT molecular complexity index is 994. The number of fused-ring (bicyclic) bond motifs is 3. The van der Waals surface area contributed by atoms with E-state index in [4.69, 9.17) is 4.65 Å². The number of para-hydroxylation sites is 2. The Balaban J connectivity index is 1.95. The second-order valence-corrected chi connectivity index (χ2v) is 8.23. The maximum Gasteiger partial charge on any atom is 0.607 e. The highest BCUT2D eigenvalue weighted by atomic mass is 16.4. The maximum absolute atomic E-state index is 6.40. The second kappa shape index (κ2) is 6.45. The number of pyridine rings is 1. The van der Waals surface area contributed by atoms with E-state index in [2.05, 4.69) is 105 Å². The number of aryl methyl sites for hydroxylation is 1. The standard InChI is InChI=1S/C23H26BN2O/c1-23(2,3)17-14-15-25(5)22(16-17)26-20-12-8-6-10-18(20)19-11-7-9-13-21(19)27-24(26)4/h6-16H,1-5H3/q+1. The van der Waals surface area contributed by atoms with Crippen molar-refractivity contribution in [3.63, 3.8) is 0 Å². The summed E-state index contributed by atoms with van der Waals surface area (Å²) in [5.41, 5.74) is 4.89. The average Bonchev–Trinajstić information content (AvgIpc) is 2.75. The molecule has 0 fully saturated rings. The molecule has 0 N–H and O–H groups in total. The molecule has 1 aliphatic rings. The van der Waals surface area contributed by atoms with Gasteiger partial charge in [0.1, 0.15) is 11.4 Å². The van der Waals surface area contributed by atoms with Gasteiger partial charge in [-0.15, -0.1) is 0 Å². The van der Waals surface area contributed by atoms with Crippen molar-refractivity contribution in [1.29, 1.82) is 0 Å². The first-order chi connectivity index (χ1) is 12.9. The zero-order valence-electron chi connectivity index (χ0n) is 16.7. The molecular formula is C23H26BN2O+. The quantitative estimate of drug-likeness (QED) is 0.444. The van der Waals surface area contributed by atoms with E-state index in [0.29, 0.717) is 0 Å². The van der Waals surface area contributed by atoms with Crippen LogP contribution in [0.2, 0.25) is 6.82 Å². The first kappa shape index (κ1) is 17.7. The van der Waals surface area contributed by atoms with Crippen LogP contribution in [0.15, 0.2) is 66.9 Å². The van der Waals surface area contributed by atoms with Crippen LogP contribution in [0, 0.1) is 0 Å². The SMILES string of the molecule is CB1Oc2ccccc2-c2ccccc2N1c1cc(C(C)(C)C)cc[n+]1C. The lowest BCUT2D eigenvalue weighted by atomic mass is 9.82. The molecule has 4 heteroatoms. The number of rotatable bonds is 1. The zero-order chi connectivity index (χ0) is 19.2. The molecule has 0 saturated carbocycles. The summed E-state index contributed by atoms with van der Waals surface area (Å²) in [5.74, 6) is 2.05. The van der Waals surface area contributed by atoms with E-state index in [0.717, 1.165) is 22.8 Å². The Labute approximate surface area is 162 Å². The Morgan fingerprint density at radius 3 is 2.33 bits per heavy atom. The molecule has 1 aliphatic heterocycles. The summed E-state index contributed by atoms with van der Waals surface area (Å²) >= 11 is 0. The largest absolute Gasteiger partial charge is 0.607 e. The van der Waals surface area contributed by atoms with E-state index in [9.17, 15) is 0 Å². The van der Waals surface area contributed by atoms with E-state index in [1.165, 1.54) is 11.1 Å². The summed E-state index contributed by atoms with van der Waals surface area (Å²) in [6.07, 6.45) is 2.14. The molecule has 0 aliphatic carbocycles. The van der Waals surface area contributed by atoms with Crippen molar-refractivity contribution >= 4 is 18.6 Å². The Hall–Kier alpha value is -2.75. The zero-order valence-corrected chi connectivity index (χ0v) is 16.7. The molecule has 0 unspecified atom stereocenters. The number of hydrogen-bond acceptors (Lipinski definition) is 2. The summed E-state index contributed by atoms with van der Waals surface area (Å²) in [5, 5.41) is 0. The number of anilines is 2.